The Kier molecular flexibility index (Phi) is 1.82. The molecular weight excluding hydrogens is 159 g/mol. The van der Waals surface area contributed by atoms with Crippen LogP contribution in [0.1, 0.15) is 6.42 Å². The van der Waals surface area contributed by atoms with Crippen LogP contribution < -0.4 is 5.32 Å². The first-order valence-electron chi connectivity index (χ1n) is 3.25. The Balaban J connectivity index is 2.44. The van der Waals surface area contributed by atoms with E-state index in [1.54, 1.807) is 0 Å². The zero-order chi connectivity index (χ0) is 8.65. The van der Waals surface area contributed by atoms with Gasteiger partial charge in [0.15, 0.2) is 0 Å². The van der Waals surface area contributed by atoms with Crippen molar-refractivity contribution in [3.63, 3.8) is 0 Å². The van der Waals surface area contributed by atoms with Crippen molar-refractivity contribution in [2.75, 3.05) is 7.05 Å². The van der Waals surface area contributed by atoms with Gasteiger partial charge in [0.2, 0.25) is 5.91 Å². The molecule has 11 heavy (non-hydrogen) atoms. The summed E-state index contributed by atoms with van der Waals surface area (Å²) >= 11 is 0. The van der Waals surface area contributed by atoms with Gasteiger partial charge in [-0.15, -0.1) is 0 Å². The maximum absolute atomic E-state index is 11.8. The fourth-order valence-corrected chi connectivity index (χ4v) is 1.03. The smallest absolute Gasteiger partial charge is 0.359 e. The summed E-state index contributed by atoms with van der Waals surface area (Å²) in [5.74, 6) is -2.74. The number of nitrogens with one attached hydrogen (secondary N) is 1. The van der Waals surface area contributed by atoms with E-state index in [4.69, 9.17) is 0 Å². The van der Waals surface area contributed by atoms with Crippen LogP contribution in [0.4, 0.5) is 13.2 Å². The van der Waals surface area contributed by atoms with Crippen LogP contribution in [0.3, 0.4) is 0 Å². The molecule has 0 aromatic carbocycles. The minimum Gasteiger partial charge on any atom is -0.359 e. The third kappa shape index (κ3) is 1.64. The van der Waals surface area contributed by atoms with E-state index < -0.39 is 23.9 Å². The molecule has 1 rings (SSSR count). The van der Waals surface area contributed by atoms with E-state index in [-0.39, 0.29) is 6.42 Å². The molecular formula is C6H8F3NO. The van der Waals surface area contributed by atoms with Crippen molar-refractivity contribution >= 4 is 5.91 Å². The molecule has 0 unspecified atom stereocenters. The Morgan fingerprint density at radius 3 is 2.36 bits per heavy atom. The number of alkyl halides is 3. The molecule has 64 valence electrons. The van der Waals surface area contributed by atoms with Crippen molar-refractivity contribution in [2.24, 2.45) is 11.8 Å². The number of hydrogen-bond acceptors (Lipinski definition) is 1. The summed E-state index contributed by atoms with van der Waals surface area (Å²) < 4.78 is 35.4. The fourth-order valence-electron chi connectivity index (χ4n) is 1.03. The molecule has 0 aliphatic heterocycles. The van der Waals surface area contributed by atoms with Gasteiger partial charge in [-0.1, -0.05) is 0 Å². The predicted molar refractivity (Wildman–Crippen MR) is 31.7 cm³/mol. The topological polar surface area (TPSA) is 29.1 Å². The van der Waals surface area contributed by atoms with Crippen LogP contribution in [-0.4, -0.2) is 19.1 Å². The standard InChI is InChI=1S/C6H8F3NO/c1-10-5(11)3-2-4(3)6(7,8)9/h3-4H,2H2,1H3,(H,10,11)/t3-,4-/m0/s1. The molecule has 5 heteroatoms. The zero-order valence-corrected chi connectivity index (χ0v) is 5.90. The second kappa shape index (κ2) is 2.39. The van der Waals surface area contributed by atoms with Gasteiger partial charge >= 0.3 is 6.18 Å². The van der Waals surface area contributed by atoms with Crippen molar-refractivity contribution in [2.45, 2.75) is 12.6 Å². The average molecular weight is 167 g/mol. The highest BCUT2D eigenvalue weighted by molar-refractivity contribution is 5.81. The zero-order valence-electron chi connectivity index (χ0n) is 5.90. The van der Waals surface area contributed by atoms with Crippen LogP contribution >= 0.6 is 0 Å². The van der Waals surface area contributed by atoms with Crippen molar-refractivity contribution in [3.05, 3.63) is 0 Å². The quantitative estimate of drug-likeness (QED) is 0.618. The van der Waals surface area contributed by atoms with E-state index in [0.29, 0.717) is 0 Å². The molecule has 2 nitrogen and oxygen atoms in total. The minimum atomic E-state index is -4.20. The first-order chi connectivity index (χ1) is 4.96. The van der Waals surface area contributed by atoms with Gasteiger partial charge in [0.25, 0.3) is 0 Å². The molecule has 1 fully saturated rings. The van der Waals surface area contributed by atoms with Crippen molar-refractivity contribution < 1.29 is 18.0 Å². The lowest BCUT2D eigenvalue weighted by atomic mass is 10.3. The van der Waals surface area contributed by atoms with E-state index in [9.17, 15) is 18.0 Å². The summed E-state index contributed by atoms with van der Waals surface area (Å²) in [6.07, 6.45) is -4.25. The average Bonchev–Trinajstić information content (AvgIpc) is 2.62. The fraction of sp³-hybridized carbons (Fsp3) is 0.833. The maximum Gasteiger partial charge on any atom is 0.392 e. The van der Waals surface area contributed by atoms with E-state index in [0.717, 1.165) is 0 Å². The van der Waals surface area contributed by atoms with E-state index >= 15 is 0 Å². The Labute approximate surface area is 61.8 Å². The summed E-state index contributed by atoms with van der Waals surface area (Å²) in [5, 5.41) is 2.19. The molecule has 0 radical (unpaired) electrons. The largest absolute Gasteiger partial charge is 0.392 e. The van der Waals surface area contributed by atoms with Crippen LogP contribution in [0.15, 0.2) is 0 Å². The van der Waals surface area contributed by atoms with Gasteiger partial charge in [0, 0.05) is 13.0 Å². The first-order valence-corrected chi connectivity index (χ1v) is 3.25. The molecule has 0 aromatic rings. The Morgan fingerprint density at radius 2 is 2.09 bits per heavy atom. The highest BCUT2D eigenvalue weighted by atomic mass is 19.4. The third-order valence-corrected chi connectivity index (χ3v) is 1.79. The van der Waals surface area contributed by atoms with Gasteiger partial charge in [0.05, 0.1) is 5.92 Å². The number of carbonyl (C=O) groups is 1. The van der Waals surface area contributed by atoms with Gasteiger partial charge in [-0.3, -0.25) is 4.79 Å². The SMILES string of the molecule is CNC(=O)[C@H]1C[C@@H]1C(F)(F)F. The molecule has 1 N–H and O–H groups in total. The lowest BCUT2D eigenvalue weighted by Gasteiger charge is -2.03. The second-order valence-corrected chi connectivity index (χ2v) is 2.60. The molecule has 1 saturated carbocycles. The van der Waals surface area contributed by atoms with Gasteiger partial charge in [0.1, 0.15) is 0 Å². The highest BCUT2D eigenvalue weighted by Crippen LogP contribution is 2.49. The molecule has 1 amide bonds. The Hall–Kier alpha value is -0.740. The highest BCUT2D eigenvalue weighted by Gasteiger charge is 2.58. The van der Waals surface area contributed by atoms with Gasteiger partial charge in [-0.25, -0.2) is 0 Å². The minimum absolute atomic E-state index is 0.0524. The maximum atomic E-state index is 11.8. The lowest BCUT2D eigenvalue weighted by Crippen LogP contribution is -2.23. The van der Waals surface area contributed by atoms with E-state index in [1.165, 1.54) is 7.05 Å². The van der Waals surface area contributed by atoms with Crippen LogP contribution in [0.2, 0.25) is 0 Å². The van der Waals surface area contributed by atoms with Crippen LogP contribution in [-0.2, 0) is 4.79 Å². The molecule has 2 atom stereocenters. The third-order valence-electron chi connectivity index (χ3n) is 1.79. The summed E-state index contributed by atoms with van der Waals surface area (Å²) in [6, 6.07) is 0. The summed E-state index contributed by atoms with van der Waals surface area (Å²) in [5.41, 5.74) is 0. The Bertz CT molecular complexity index is 177. The molecule has 0 heterocycles. The van der Waals surface area contributed by atoms with Crippen LogP contribution in [0, 0.1) is 11.8 Å². The summed E-state index contributed by atoms with van der Waals surface area (Å²) in [4.78, 5) is 10.6. The lowest BCUT2D eigenvalue weighted by molar-refractivity contribution is -0.154. The van der Waals surface area contributed by atoms with E-state index in [1.807, 2.05) is 0 Å². The van der Waals surface area contributed by atoms with Crippen molar-refractivity contribution in [1.82, 2.24) is 5.32 Å². The molecule has 0 spiro atoms. The number of hydrogen-bond donors (Lipinski definition) is 1. The van der Waals surface area contributed by atoms with Crippen molar-refractivity contribution in [3.8, 4) is 0 Å². The molecule has 0 bridgehead atoms. The van der Waals surface area contributed by atoms with Crippen LogP contribution in [0.5, 0.6) is 0 Å². The Morgan fingerprint density at radius 1 is 1.55 bits per heavy atom. The van der Waals surface area contributed by atoms with Crippen molar-refractivity contribution in [1.29, 1.82) is 0 Å². The van der Waals surface area contributed by atoms with Gasteiger partial charge in [-0.05, 0) is 6.42 Å². The first kappa shape index (κ1) is 8.36. The van der Waals surface area contributed by atoms with Crippen LogP contribution in [0.25, 0.3) is 0 Å². The normalized spacial score (nSPS) is 29.8. The predicted octanol–water partition coefficient (Wildman–Crippen LogP) is 0.931. The summed E-state index contributed by atoms with van der Waals surface area (Å²) in [7, 11) is 1.34. The molecule has 1 aliphatic rings. The monoisotopic (exact) mass is 167 g/mol. The molecule has 1 aliphatic carbocycles. The van der Waals surface area contributed by atoms with Gasteiger partial charge < -0.3 is 5.32 Å². The second-order valence-electron chi connectivity index (χ2n) is 2.60. The van der Waals surface area contributed by atoms with Gasteiger partial charge in [-0.2, -0.15) is 13.2 Å². The molecule has 0 aromatic heterocycles. The van der Waals surface area contributed by atoms with E-state index in [2.05, 4.69) is 5.32 Å². The molecule has 0 saturated heterocycles. The number of amides is 1. The number of halogens is 3. The summed E-state index contributed by atoms with van der Waals surface area (Å²) in [6.45, 7) is 0. The number of rotatable bonds is 1. The number of carbonyl (C=O) groups excluding carboxylic acids is 1.